The highest BCUT2D eigenvalue weighted by Gasteiger charge is 2.12. The van der Waals surface area contributed by atoms with Crippen LogP contribution in [0, 0.1) is 6.92 Å². The lowest BCUT2D eigenvalue weighted by Crippen LogP contribution is -1.97. The average Bonchev–Trinajstić information content (AvgIpc) is 2.35. The average molecular weight is 300 g/mol. The second kappa shape index (κ2) is 5.97. The lowest BCUT2D eigenvalue weighted by atomic mass is 10.0. The number of hydrogen-bond donors (Lipinski definition) is 0. The molecule has 0 spiro atoms. The zero-order chi connectivity index (χ0) is 13.1. The predicted molar refractivity (Wildman–Crippen MR) is 79.9 cm³/mol. The Balaban J connectivity index is 2.19. The molecule has 0 radical (unpaired) electrons. The summed E-state index contributed by atoms with van der Waals surface area (Å²) in [7, 11) is 0. The Morgan fingerprint density at radius 2 is 1.72 bits per heavy atom. The third kappa shape index (κ3) is 3.20. The molecule has 18 heavy (non-hydrogen) atoms. The van der Waals surface area contributed by atoms with Crippen LogP contribution in [-0.4, -0.2) is 0 Å². The second-order valence-corrected chi connectivity index (χ2v) is 5.61. The van der Waals surface area contributed by atoms with Crippen LogP contribution in [0.25, 0.3) is 0 Å². The number of benzene rings is 2. The van der Waals surface area contributed by atoms with Crippen molar-refractivity contribution in [2.75, 3.05) is 0 Å². The van der Waals surface area contributed by atoms with Crippen molar-refractivity contribution in [2.45, 2.75) is 18.7 Å². The van der Waals surface area contributed by atoms with Crippen LogP contribution in [-0.2, 0) is 6.42 Å². The lowest BCUT2D eigenvalue weighted by molar-refractivity contribution is 0.919. The standard InChI is InChI=1S/C15H13Cl3/c1-10-6-7-12(8-14(10)17)15(18)9-11-4-2-3-5-13(11)16/h2-8,15H,9H2,1H3. The first-order chi connectivity index (χ1) is 8.58. The largest absolute Gasteiger partial charge is 0.117 e. The highest BCUT2D eigenvalue weighted by atomic mass is 35.5. The van der Waals surface area contributed by atoms with Gasteiger partial charge in [0.15, 0.2) is 0 Å². The fraction of sp³-hybridized carbons (Fsp3) is 0.200. The first kappa shape index (κ1) is 13.7. The van der Waals surface area contributed by atoms with Crippen LogP contribution in [0.1, 0.15) is 22.1 Å². The van der Waals surface area contributed by atoms with Crippen molar-refractivity contribution in [3.05, 3.63) is 69.2 Å². The van der Waals surface area contributed by atoms with Crippen molar-refractivity contribution in [2.24, 2.45) is 0 Å². The normalized spacial score (nSPS) is 12.4. The minimum Gasteiger partial charge on any atom is -0.117 e. The van der Waals surface area contributed by atoms with Crippen molar-refractivity contribution in [1.29, 1.82) is 0 Å². The van der Waals surface area contributed by atoms with Crippen molar-refractivity contribution < 1.29 is 0 Å². The molecule has 1 atom stereocenters. The first-order valence-corrected chi connectivity index (χ1v) is 6.90. The van der Waals surface area contributed by atoms with Crippen LogP contribution in [0.15, 0.2) is 42.5 Å². The monoisotopic (exact) mass is 298 g/mol. The van der Waals surface area contributed by atoms with E-state index in [0.717, 1.165) is 26.7 Å². The van der Waals surface area contributed by atoms with E-state index in [9.17, 15) is 0 Å². The molecule has 0 aliphatic heterocycles. The number of halogens is 3. The van der Waals surface area contributed by atoms with E-state index >= 15 is 0 Å². The summed E-state index contributed by atoms with van der Waals surface area (Å²) >= 11 is 18.7. The molecule has 3 heteroatoms. The van der Waals surface area contributed by atoms with E-state index in [2.05, 4.69) is 0 Å². The molecule has 94 valence electrons. The van der Waals surface area contributed by atoms with Gasteiger partial charge in [-0.1, -0.05) is 53.5 Å². The van der Waals surface area contributed by atoms with E-state index in [0.29, 0.717) is 6.42 Å². The maximum Gasteiger partial charge on any atom is 0.0626 e. The molecule has 2 aromatic carbocycles. The Bertz CT molecular complexity index is 549. The van der Waals surface area contributed by atoms with Gasteiger partial charge in [-0.25, -0.2) is 0 Å². The van der Waals surface area contributed by atoms with Gasteiger partial charge in [-0.3, -0.25) is 0 Å². The van der Waals surface area contributed by atoms with E-state index in [1.165, 1.54) is 0 Å². The van der Waals surface area contributed by atoms with Gasteiger partial charge >= 0.3 is 0 Å². The van der Waals surface area contributed by atoms with Crippen LogP contribution in [0.2, 0.25) is 10.0 Å². The van der Waals surface area contributed by atoms with E-state index < -0.39 is 0 Å². The molecule has 0 aliphatic rings. The number of alkyl halides is 1. The minimum atomic E-state index is -0.122. The lowest BCUT2D eigenvalue weighted by Gasteiger charge is -2.12. The molecule has 0 heterocycles. The van der Waals surface area contributed by atoms with Gasteiger partial charge in [0.05, 0.1) is 5.38 Å². The molecule has 0 saturated carbocycles. The molecular formula is C15H13Cl3. The first-order valence-electron chi connectivity index (χ1n) is 5.71. The number of rotatable bonds is 3. The molecule has 0 aromatic heterocycles. The minimum absolute atomic E-state index is 0.122. The zero-order valence-corrected chi connectivity index (χ0v) is 12.2. The highest BCUT2D eigenvalue weighted by molar-refractivity contribution is 6.32. The Morgan fingerprint density at radius 1 is 1.00 bits per heavy atom. The SMILES string of the molecule is Cc1ccc(C(Cl)Cc2ccccc2Cl)cc1Cl. The summed E-state index contributed by atoms with van der Waals surface area (Å²) in [5, 5.41) is 1.38. The smallest absolute Gasteiger partial charge is 0.0626 e. The number of aryl methyl sites for hydroxylation is 1. The summed E-state index contributed by atoms with van der Waals surface area (Å²) in [4.78, 5) is 0. The van der Waals surface area contributed by atoms with Crippen molar-refractivity contribution >= 4 is 34.8 Å². The molecule has 0 saturated heterocycles. The summed E-state index contributed by atoms with van der Waals surface area (Å²) in [5.41, 5.74) is 3.13. The predicted octanol–water partition coefficient (Wildman–Crippen LogP) is 5.82. The third-order valence-corrected chi connectivity index (χ3v) is 4.10. The van der Waals surface area contributed by atoms with Crippen LogP contribution >= 0.6 is 34.8 Å². The van der Waals surface area contributed by atoms with E-state index in [4.69, 9.17) is 34.8 Å². The molecule has 0 fully saturated rings. The van der Waals surface area contributed by atoms with Crippen LogP contribution < -0.4 is 0 Å². The van der Waals surface area contributed by atoms with Crippen LogP contribution in [0.4, 0.5) is 0 Å². The van der Waals surface area contributed by atoms with Gasteiger partial charge in [-0.2, -0.15) is 0 Å². The molecule has 2 rings (SSSR count). The van der Waals surface area contributed by atoms with Gasteiger partial charge in [0.25, 0.3) is 0 Å². The van der Waals surface area contributed by atoms with E-state index in [1.807, 2.05) is 49.4 Å². The fourth-order valence-electron chi connectivity index (χ4n) is 1.78. The Labute approximate surface area is 122 Å². The quantitative estimate of drug-likeness (QED) is 0.626. The zero-order valence-electron chi connectivity index (χ0n) is 9.96. The highest BCUT2D eigenvalue weighted by Crippen LogP contribution is 2.30. The third-order valence-electron chi connectivity index (χ3n) is 2.91. The van der Waals surface area contributed by atoms with Gasteiger partial charge in [0, 0.05) is 10.0 Å². The number of hydrogen-bond acceptors (Lipinski definition) is 0. The fourth-order valence-corrected chi connectivity index (χ4v) is 2.48. The summed E-state index contributed by atoms with van der Waals surface area (Å²) in [6, 6.07) is 13.7. The van der Waals surface area contributed by atoms with Crippen molar-refractivity contribution in [1.82, 2.24) is 0 Å². The second-order valence-electron chi connectivity index (χ2n) is 4.27. The van der Waals surface area contributed by atoms with Gasteiger partial charge in [-0.15, -0.1) is 11.6 Å². The molecule has 0 aliphatic carbocycles. The summed E-state index contributed by atoms with van der Waals surface area (Å²) in [5.74, 6) is 0. The molecule has 0 bridgehead atoms. The van der Waals surface area contributed by atoms with Gasteiger partial charge in [0.1, 0.15) is 0 Å². The summed E-state index contributed by atoms with van der Waals surface area (Å²) < 4.78 is 0. The molecular weight excluding hydrogens is 287 g/mol. The topological polar surface area (TPSA) is 0 Å². The van der Waals surface area contributed by atoms with Gasteiger partial charge < -0.3 is 0 Å². The molecule has 0 N–H and O–H groups in total. The van der Waals surface area contributed by atoms with Crippen LogP contribution in [0.5, 0.6) is 0 Å². The Kier molecular flexibility index (Phi) is 4.55. The molecule has 0 nitrogen and oxygen atoms in total. The van der Waals surface area contributed by atoms with Crippen LogP contribution in [0.3, 0.4) is 0 Å². The Hall–Kier alpha value is -0.690. The van der Waals surface area contributed by atoms with E-state index in [1.54, 1.807) is 0 Å². The van der Waals surface area contributed by atoms with Crippen molar-refractivity contribution in [3.8, 4) is 0 Å². The Morgan fingerprint density at radius 3 is 2.39 bits per heavy atom. The maximum atomic E-state index is 6.42. The molecule has 2 aromatic rings. The van der Waals surface area contributed by atoms with Gasteiger partial charge in [0.2, 0.25) is 0 Å². The summed E-state index contributed by atoms with van der Waals surface area (Å²) in [6.45, 7) is 1.98. The van der Waals surface area contributed by atoms with E-state index in [-0.39, 0.29) is 5.38 Å². The molecule has 0 amide bonds. The molecule has 1 unspecified atom stereocenters. The van der Waals surface area contributed by atoms with Gasteiger partial charge in [-0.05, 0) is 42.2 Å². The summed E-state index contributed by atoms with van der Waals surface area (Å²) in [6.07, 6.45) is 0.695. The maximum absolute atomic E-state index is 6.42. The van der Waals surface area contributed by atoms with Crippen molar-refractivity contribution in [3.63, 3.8) is 0 Å².